The average Bonchev–Trinajstić information content (AvgIpc) is 1.41. The van der Waals surface area contributed by atoms with E-state index in [1.807, 2.05) is 0 Å². The van der Waals surface area contributed by atoms with Gasteiger partial charge in [0.2, 0.25) is 0 Å². The Hall–Kier alpha value is -0.310. The van der Waals surface area contributed by atoms with E-state index in [4.69, 9.17) is 17.1 Å². The fraction of sp³-hybridized carbons (Fsp3) is 1.00. The number of halogens is 1. The van der Waals surface area contributed by atoms with Crippen molar-refractivity contribution in [3.63, 3.8) is 0 Å². The van der Waals surface area contributed by atoms with Crippen molar-refractivity contribution in [2.45, 2.75) is 0 Å². The van der Waals surface area contributed by atoms with Crippen molar-refractivity contribution in [2.24, 2.45) is 5.28 Å². The molecule has 5 heavy (non-hydrogen) atoms. The van der Waals surface area contributed by atoms with Gasteiger partial charge in [0, 0.05) is 5.28 Å². The van der Waals surface area contributed by atoms with Crippen LogP contribution in [-0.2, 0) is 4.84 Å². The minimum atomic E-state index is -0.0382. The number of rotatable bonds is 2. The summed E-state index contributed by atoms with van der Waals surface area (Å²) in [5.41, 5.74) is 5.92. The number of hydrogen-bond acceptors (Lipinski definition) is 3. The molecule has 0 heterocycles. The molecule has 1 N–H and O–H groups in total. The van der Waals surface area contributed by atoms with E-state index in [2.05, 4.69) is 10.1 Å². The van der Waals surface area contributed by atoms with Gasteiger partial charge in [-0.05, 0) is 0 Å². The lowest BCUT2D eigenvalue weighted by Crippen LogP contribution is -1.67. The third-order valence-corrected chi connectivity index (χ3v) is 0.211. The second kappa shape index (κ2) is 3.69. The van der Waals surface area contributed by atoms with Crippen LogP contribution >= 0.6 is 11.6 Å². The minimum absolute atomic E-state index is 0.0382. The van der Waals surface area contributed by atoms with Gasteiger partial charge in [0.25, 0.3) is 0 Å². The Bertz CT molecular complexity index is 30.8. The Kier molecular flexibility index (Phi) is 3.46. The van der Waals surface area contributed by atoms with Crippen LogP contribution < -0.4 is 0 Å². The van der Waals surface area contributed by atoms with E-state index in [1.165, 1.54) is 0 Å². The van der Waals surface area contributed by atoms with Crippen LogP contribution in [0.25, 0.3) is 0 Å². The third kappa shape index (κ3) is 3.69. The van der Waals surface area contributed by atoms with Crippen molar-refractivity contribution in [1.29, 1.82) is 5.53 Å². The first kappa shape index (κ1) is 4.69. The van der Waals surface area contributed by atoms with Crippen LogP contribution in [0.1, 0.15) is 0 Å². The van der Waals surface area contributed by atoms with Gasteiger partial charge in [-0.25, -0.2) is 0 Å². The number of alkyl halides is 1. The van der Waals surface area contributed by atoms with Crippen molar-refractivity contribution in [1.82, 2.24) is 0 Å². The molecule has 0 bridgehead atoms. The molecule has 0 aliphatic rings. The second-order valence-electron chi connectivity index (χ2n) is 0.329. The van der Waals surface area contributed by atoms with Crippen LogP contribution in [-0.4, -0.2) is 6.07 Å². The highest BCUT2D eigenvalue weighted by molar-refractivity contribution is 6.17. The second-order valence-corrected chi connectivity index (χ2v) is 0.548. The predicted octanol–water partition coefficient (Wildman–Crippen LogP) is 1.15. The molecule has 3 nitrogen and oxygen atoms in total. The van der Waals surface area contributed by atoms with Gasteiger partial charge in [-0.15, -0.1) is 0 Å². The highest BCUT2D eigenvalue weighted by Gasteiger charge is 1.61. The molecule has 0 aromatic carbocycles. The molecule has 4 heteroatoms. The molecule has 0 fully saturated rings. The van der Waals surface area contributed by atoms with E-state index in [0.717, 1.165) is 0 Å². The summed E-state index contributed by atoms with van der Waals surface area (Å²) in [6, 6.07) is -0.0382. The molecule has 0 rings (SSSR count). The summed E-state index contributed by atoms with van der Waals surface area (Å²) in [6.45, 7) is 0. The molecule has 0 aliphatic carbocycles. The van der Waals surface area contributed by atoms with Crippen LogP contribution in [0.2, 0.25) is 0 Å². The number of nitrogens with zero attached hydrogens (tertiary/aromatic N) is 1. The molecule has 0 atom stereocenters. The summed E-state index contributed by atoms with van der Waals surface area (Å²) < 4.78 is 0. The lowest BCUT2D eigenvalue weighted by Gasteiger charge is -1.77. The maximum atomic E-state index is 5.92. The van der Waals surface area contributed by atoms with Crippen molar-refractivity contribution in [3.05, 3.63) is 0 Å². The lowest BCUT2D eigenvalue weighted by atomic mass is 11.7. The number of nitrogens with one attached hydrogen (secondary N) is 1. The summed E-state index contributed by atoms with van der Waals surface area (Å²) in [5, 5.41) is 2.47. The summed E-state index contributed by atoms with van der Waals surface area (Å²) in [7, 11) is 0. The smallest absolute Gasteiger partial charge is 0.192 e. The van der Waals surface area contributed by atoms with Gasteiger partial charge in [0.05, 0.1) is 0 Å². The van der Waals surface area contributed by atoms with Crippen LogP contribution in [0.5, 0.6) is 0 Å². The quantitative estimate of drug-likeness (QED) is 0.311. The van der Waals surface area contributed by atoms with Crippen LogP contribution in [0.3, 0.4) is 0 Å². The van der Waals surface area contributed by atoms with Gasteiger partial charge < -0.3 is 4.84 Å². The lowest BCUT2D eigenvalue weighted by molar-refractivity contribution is 0.160. The molecular formula is CH3ClN2O. The molecule has 0 aromatic heterocycles. The first-order chi connectivity index (χ1) is 2.41. The molecule has 0 amide bonds. The van der Waals surface area contributed by atoms with Crippen molar-refractivity contribution >= 4 is 11.6 Å². The standard InChI is InChI=1S/CH3ClN2O/c2-1-5-4-3/h3H,1H2. The average molecular weight is 94.5 g/mol. The summed E-state index contributed by atoms with van der Waals surface area (Å²) in [6.07, 6.45) is 0. The molecule has 0 aliphatic heterocycles. The third-order valence-electron chi connectivity index (χ3n) is 0.113. The van der Waals surface area contributed by atoms with Crippen molar-refractivity contribution in [3.8, 4) is 0 Å². The van der Waals surface area contributed by atoms with E-state index < -0.39 is 0 Å². The van der Waals surface area contributed by atoms with E-state index in [0.29, 0.717) is 0 Å². The maximum absolute atomic E-state index is 5.92. The first-order valence-electron chi connectivity index (χ1n) is 0.962. The van der Waals surface area contributed by atoms with E-state index in [1.54, 1.807) is 0 Å². The highest BCUT2D eigenvalue weighted by atomic mass is 35.5. The number of hydrogen-bond donors (Lipinski definition) is 1. The molecule has 0 saturated heterocycles. The highest BCUT2D eigenvalue weighted by Crippen LogP contribution is 1.74. The Balaban J connectivity index is 2.40. The first-order valence-corrected chi connectivity index (χ1v) is 1.50. The van der Waals surface area contributed by atoms with Crippen LogP contribution in [0, 0.1) is 5.53 Å². The molecule has 30 valence electrons. The molecule has 0 aromatic rings. The fourth-order valence-electron chi connectivity index (χ4n) is 0.0244. The van der Waals surface area contributed by atoms with Gasteiger partial charge >= 0.3 is 0 Å². The van der Waals surface area contributed by atoms with E-state index in [-0.39, 0.29) is 6.07 Å². The van der Waals surface area contributed by atoms with Crippen molar-refractivity contribution in [2.75, 3.05) is 6.07 Å². The van der Waals surface area contributed by atoms with Gasteiger partial charge in [0.15, 0.2) is 6.07 Å². The molecular weight excluding hydrogens is 91.5 g/mol. The predicted molar refractivity (Wildman–Crippen MR) is 17.0 cm³/mol. The van der Waals surface area contributed by atoms with Crippen molar-refractivity contribution < 1.29 is 4.84 Å². The Labute approximate surface area is 34.3 Å². The van der Waals surface area contributed by atoms with E-state index in [9.17, 15) is 0 Å². The molecule has 0 saturated carbocycles. The van der Waals surface area contributed by atoms with Gasteiger partial charge in [-0.1, -0.05) is 11.6 Å². The SMILES string of the molecule is N=NOCCl. The largest absolute Gasteiger partial charge is 0.363 e. The zero-order chi connectivity index (χ0) is 4.12. The zero-order valence-electron chi connectivity index (χ0n) is 2.44. The fourth-order valence-corrected chi connectivity index (χ4v) is 0.0732. The monoisotopic (exact) mass is 94.0 g/mol. The minimum Gasteiger partial charge on any atom is -0.363 e. The summed E-state index contributed by atoms with van der Waals surface area (Å²) in [4.78, 5) is 3.89. The van der Waals surface area contributed by atoms with Gasteiger partial charge in [-0.2, -0.15) is 5.53 Å². The van der Waals surface area contributed by atoms with Gasteiger partial charge in [-0.3, -0.25) is 0 Å². The van der Waals surface area contributed by atoms with Crippen LogP contribution in [0.15, 0.2) is 5.28 Å². The van der Waals surface area contributed by atoms with E-state index >= 15 is 0 Å². The molecule has 0 radical (unpaired) electrons. The summed E-state index contributed by atoms with van der Waals surface area (Å²) in [5.74, 6) is 0. The zero-order valence-corrected chi connectivity index (χ0v) is 3.20. The van der Waals surface area contributed by atoms with Gasteiger partial charge in [0.1, 0.15) is 0 Å². The summed E-state index contributed by atoms with van der Waals surface area (Å²) >= 11 is 4.87. The normalized spacial score (nSPS) is 6.60. The van der Waals surface area contributed by atoms with Crippen LogP contribution in [0.4, 0.5) is 0 Å². The molecule has 0 unspecified atom stereocenters. The Morgan fingerprint density at radius 2 is 2.60 bits per heavy atom. The Morgan fingerprint density at radius 3 is 2.60 bits per heavy atom. The topological polar surface area (TPSA) is 45.4 Å². The molecule has 0 spiro atoms. The Morgan fingerprint density at radius 1 is 2.00 bits per heavy atom. The maximum Gasteiger partial charge on any atom is 0.192 e.